The minimum absolute atomic E-state index is 0.869. The van der Waals surface area contributed by atoms with Crippen LogP contribution in [0.2, 0.25) is 0 Å². The molecule has 2 fully saturated rings. The molecule has 0 radical (unpaired) electrons. The van der Waals surface area contributed by atoms with Gasteiger partial charge in [-0.15, -0.1) is 0 Å². The third kappa shape index (κ3) is 2.98. The molecule has 0 bridgehead atoms. The summed E-state index contributed by atoms with van der Waals surface area (Å²) in [6, 6.07) is 0.869. The second-order valence-electron chi connectivity index (χ2n) is 5.54. The molecule has 0 saturated heterocycles. The van der Waals surface area contributed by atoms with E-state index in [1.54, 1.807) is 0 Å². The zero-order valence-electron chi connectivity index (χ0n) is 9.60. The van der Waals surface area contributed by atoms with Crippen molar-refractivity contribution in [3.8, 4) is 0 Å². The van der Waals surface area contributed by atoms with Crippen LogP contribution in [0, 0.1) is 11.8 Å². The molecule has 2 aliphatic rings. The maximum Gasteiger partial charge on any atom is 0.00722 e. The quantitative estimate of drug-likeness (QED) is 0.681. The average molecular weight is 195 g/mol. The Morgan fingerprint density at radius 3 is 2.21 bits per heavy atom. The molecular formula is C13H25N. The summed E-state index contributed by atoms with van der Waals surface area (Å²) in [4.78, 5) is 0. The minimum Gasteiger partial charge on any atom is -0.314 e. The van der Waals surface area contributed by atoms with Gasteiger partial charge >= 0.3 is 0 Å². The van der Waals surface area contributed by atoms with Gasteiger partial charge in [-0.3, -0.25) is 0 Å². The predicted molar refractivity (Wildman–Crippen MR) is 61.4 cm³/mol. The van der Waals surface area contributed by atoms with Gasteiger partial charge in [0.05, 0.1) is 0 Å². The van der Waals surface area contributed by atoms with Crippen LogP contribution in [-0.4, -0.2) is 12.6 Å². The lowest BCUT2D eigenvalue weighted by atomic mass is 9.81. The fraction of sp³-hybridized carbons (Fsp3) is 1.00. The van der Waals surface area contributed by atoms with E-state index in [4.69, 9.17) is 0 Å². The zero-order valence-corrected chi connectivity index (χ0v) is 9.60. The van der Waals surface area contributed by atoms with E-state index in [0.29, 0.717) is 0 Å². The highest BCUT2D eigenvalue weighted by Gasteiger charge is 2.25. The lowest BCUT2D eigenvalue weighted by Crippen LogP contribution is -2.42. The molecule has 0 unspecified atom stereocenters. The third-order valence-corrected chi connectivity index (χ3v) is 4.04. The molecule has 0 aliphatic heterocycles. The number of nitrogens with one attached hydrogen (secondary N) is 1. The van der Waals surface area contributed by atoms with Crippen LogP contribution in [-0.2, 0) is 0 Å². The number of hydrogen-bond donors (Lipinski definition) is 1. The largest absolute Gasteiger partial charge is 0.314 e. The molecule has 0 aromatic rings. The lowest BCUT2D eigenvalue weighted by molar-refractivity contribution is 0.228. The first-order valence-electron chi connectivity index (χ1n) is 6.58. The maximum absolute atomic E-state index is 3.75. The van der Waals surface area contributed by atoms with E-state index in [1.807, 2.05) is 0 Å². The molecule has 2 aliphatic carbocycles. The van der Waals surface area contributed by atoms with Gasteiger partial charge in [0.2, 0.25) is 0 Å². The highest BCUT2D eigenvalue weighted by molar-refractivity contribution is 4.83. The Kier molecular flexibility index (Phi) is 3.86. The molecule has 0 aromatic carbocycles. The zero-order chi connectivity index (χ0) is 9.80. The smallest absolute Gasteiger partial charge is 0.00722 e. The van der Waals surface area contributed by atoms with Crippen molar-refractivity contribution in [3.63, 3.8) is 0 Å². The predicted octanol–water partition coefficient (Wildman–Crippen LogP) is 3.34. The molecule has 0 heterocycles. The van der Waals surface area contributed by atoms with Crippen LogP contribution in [0.25, 0.3) is 0 Å². The molecule has 0 amide bonds. The summed E-state index contributed by atoms with van der Waals surface area (Å²) in [5.74, 6) is 1.98. The van der Waals surface area contributed by atoms with Crippen molar-refractivity contribution in [2.24, 2.45) is 11.8 Å². The van der Waals surface area contributed by atoms with E-state index in [0.717, 1.165) is 17.9 Å². The van der Waals surface area contributed by atoms with Gasteiger partial charge in [0.1, 0.15) is 0 Å². The summed E-state index contributed by atoms with van der Waals surface area (Å²) in [6.07, 6.45) is 11.7. The van der Waals surface area contributed by atoms with E-state index in [9.17, 15) is 0 Å². The lowest BCUT2D eigenvalue weighted by Gasteiger charge is -2.34. The van der Waals surface area contributed by atoms with Crippen LogP contribution >= 0.6 is 0 Å². The maximum atomic E-state index is 3.75. The molecule has 0 spiro atoms. The average Bonchev–Trinajstić information content (AvgIpc) is 2.38. The van der Waals surface area contributed by atoms with Crippen LogP contribution in [0.4, 0.5) is 0 Å². The van der Waals surface area contributed by atoms with Crippen LogP contribution in [0.1, 0.15) is 58.3 Å². The molecule has 2 saturated carbocycles. The Morgan fingerprint density at radius 1 is 1.00 bits per heavy atom. The fourth-order valence-electron chi connectivity index (χ4n) is 2.97. The Bertz CT molecular complexity index is 153. The van der Waals surface area contributed by atoms with E-state index in [-0.39, 0.29) is 0 Å². The van der Waals surface area contributed by atoms with E-state index in [1.165, 1.54) is 57.9 Å². The second kappa shape index (κ2) is 5.16. The SMILES string of the molecule is CC1CC(NCC2CCCCCC2)C1. The first-order chi connectivity index (χ1) is 6.84. The van der Waals surface area contributed by atoms with Gasteiger partial charge in [-0.05, 0) is 44.1 Å². The van der Waals surface area contributed by atoms with Gasteiger partial charge in [-0.25, -0.2) is 0 Å². The molecule has 14 heavy (non-hydrogen) atoms. The summed E-state index contributed by atoms with van der Waals surface area (Å²) in [5.41, 5.74) is 0. The van der Waals surface area contributed by atoms with Gasteiger partial charge in [0.15, 0.2) is 0 Å². The van der Waals surface area contributed by atoms with Crippen molar-refractivity contribution >= 4 is 0 Å². The van der Waals surface area contributed by atoms with Crippen molar-refractivity contribution in [1.82, 2.24) is 5.32 Å². The van der Waals surface area contributed by atoms with Crippen molar-refractivity contribution in [2.75, 3.05) is 6.54 Å². The van der Waals surface area contributed by atoms with E-state index in [2.05, 4.69) is 12.2 Å². The second-order valence-corrected chi connectivity index (χ2v) is 5.54. The van der Waals surface area contributed by atoms with Gasteiger partial charge < -0.3 is 5.32 Å². The molecule has 2 rings (SSSR count). The van der Waals surface area contributed by atoms with Crippen LogP contribution in [0.3, 0.4) is 0 Å². The summed E-state index contributed by atoms with van der Waals surface area (Å²) < 4.78 is 0. The fourth-order valence-corrected chi connectivity index (χ4v) is 2.97. The number of hydrogen-bond acceptors (Lipinski definition) is 1. The molecule has 0 aromatic heterocycles. The Hall–Kier alpha value is -0.0400. The molecule has 1 heteroatoms. The minimum atomic E-state index is 0.869. The summed E-state index contributed by atoms with van der Waals surface area (Å²) >= 11 is 0. The molecule has 82 valence electrons. The van der Waals surface area contributed by atoms with E-state index < -0.39 is 0 Å². The van der Waals surface area contributed by atoms with Crippen LogP contribution < -0.4 is 5.32 Å². The summed E-state index contributed by atoms with van der Waals surface area (Å²) in [6.45, 7) is 3.67. The standard InChI is InChI=1S/C13H25N/c1-11-8-13(9-11)14-10-12-6-4-2-3-5-7-12/h11-14H,2-10H2,1H3. The molecule has 1 nitrogen and oxygen atoms in total. The van der Waals surface area contributed by atoms with Gasteiger partial charge in [0, 0.05) is 6.04 Å². The van der Waals surface area contributed by atoms with Gasteiger partial charge in [0.25, 0.3) is 0 Å². The Balaban J connectivity index is 1.59. The monoisotopic (exact) mass is 195 g/mol. The molecule has 1 N–H and O–H groups in total. The van der Waals surface area contributed by atoms with Crippen LogP contribution in [0.5, 0.6) is 0 Å². The van der Waals surface area contributed by atoms with Gasteiger partial charge in [-0.1, -0.05) is 32.6 Å². The summed E-state index contributed by atoms with van der Waals surface area (Å²) in [5, 5.41) is 3.75. The molecule has 0 atom stereocenters. The topological polar surface area (TPSA) is 12.0 Å². The normalized spacial score (nSPS) is 34.9. The van der Waals surface area contributed by atoms with Crippen molar-refractivity contribution in [1.29, 1.82) is 0 Å². The third-order valence-electron chi connectivity index (χ3n) is 4.04. The highest BCUT2D eigenvalue weighted by atomic mass is 14.9. The van der Waals surface area contributed by atoms with Crippen molar-refractivity contribution in [3.05, 3.63) is 0 Å². The summed E-state index contributed by atoms with van der Waals surface area (Å²) in [7, 11) is 0. The van der Waals surface area contributed by atoms with E-state index >= 15 is 0 Å². The van der Waals surface area contributed by atoms with Gasteiger partial charge in [-0.2, -0.15) is 0 Å². The highest BCUT2D eigenvalue weighted by Crippen LogP contribution is 2.27. The van der Waals surface area contributed by atoms with Crippen molar-refractivity contribution in [2.45, 2.75) is 64.3 Å². The number of rotatable bonds is 3. The van der Waals surface area contributed by atoms with Crippen LogP contribution in [0.15, 0.2) is 0 Å². The Morgan fingerprint density at radius 2 is 1.64 bits per heavy atom. The first kappa shape index (κ1) is 10.5. The van der Waals surface area contributed by atoms with Crippen molar-refractivity contribution < 1.29 is 0 Å². The first-order valence-corrected chi connectivity index (χ1v) is 6.58. The Labute approximate surface area is 88.7 Å². The molecular weight excluding hydrogens is 170 g/mol.